The highest BCUT2D eigenvalue weighted by Crippen LogP contribution is 2.41. The van der Waals surface area contributed by atoms with Crippen molar-refractivity contribution in [3.8, 4) is 0 Å². The van der Waals surface area contributed by atoms with E-state index in [1.807, 2.05) is 97.1 Å². The van der Waals surface area contributed by atoms with Gasteiger partial charge in [0.1, 0.15) is 6.04 Å². The maximum atomic E-state index is 14.5. The van der Waals surface area contributed by atoms with Crippen LogP contribution >= 0.6 is 0 Å². The van der Waals surface area contributed by atoms with Crippen molar-refractivity contribution in [2.24, 2.45) is 0 Å². The van der Waals surface area contributed by atoms with E-state index in [9.17, 15) is 9.59 Å². The Labute approximate surface area is 280 Å². The lowest BCUT2D eigenvalue weighted by Crippen LogP contribution is -2.76. The first-order valence-corrected chi connectivity index (χ1v) is 19.1. The molecule has 1 aliphatic heterocycles. The zero-order valence-electron chi connectivity index (χ0n) is 28.2. The Morgan fingerprint density at radius 1 is 0.809 bits per heavy atom. The van der Waals surface area contributed by atoms with Gasteiger partial charge in [0.05, 0.1) is 25.3 Å². The van der Waals surface area contributed by atoms with Gasteiger partial charge in [-0.3, -0.25) is 10.1 Å². The molecule has 244 valence electrons. The number of hydrogen-bond acceptors (Lipinski definition) is 5. The Morgan fingerprint density at radius 2 is 1.26 bits per heavy atom. The Kier molecular flexibility index (Phi) is 10.3. The van der Waals surface area contributed by atoms with Gasteiger partial charge >= 0.3 is 5.97 Å². The number of nitrogens with one attached hydrogen (secondary N) is 1. The summed E-state index contributed by atoms with van der Waals surface area (Å²) >= 11 is 0. The number of methoxy groups -OCH3 is 1. The lowest BCUT2D eigenvalue weighted by Gasteiger charge is -2.53. The molecular formula is C40H46N2O4Si. The molecule has 0 bridgehead atoms. The van der Waals surface area contributed by atoms with Crippen molar-refractivity contribution in [1.82, 2.24) is 10.2 Å². The average molecular weight is 647 g/mol. The van der Waals surface area contributed by atoms with Crippen LogP contribution in [0.3, 0.4) is 0 Å². The molecule has 0 aliphatic carbocycles. The summed E-state index contributed by atoms with van der Waals surface area (Å²) in [5.41, 5.74) is 3.13. The molecule has 1 N–H and O–H groups in total. The summed E-state index contributed by atoms with van der Waals surface area (Å²) in [7, 11) is -0.880. The topological polar surface area (TPSA) is 67.9 Å². The summed E-state index contributed by atoms with van der Waals surface area (Å²) in [4.78, 5) is 29.6. The van der Waals surface area contributed by atoms with Crippen LogP contribution in [0.15, 0.2) is 127 Å². The van der Waals surface area contributed by atoms with Crippen molar-refractivity contribution in [3.63, 3.8) is 0 Å². The van der Waals surface area contributed by atoms with Gasteiger partial charge in [-0.15, -0.1) is 0 Å². The van der Waals surface area contributed by atoms with E-state index in [1.165, 1.54) is 7.11 Å². The summed E-state index contributed by atoms with van der Waals surface area (Å²) in [5.74, 6) is -0.678. The van der Waals surface area contributed by atoms with E-state index in [4.69, 9.17) is 9.16 Å². The molecule has 0 spiro atoms. The van der Waals surface area contributed by atoms with Gasteiger partial charge in [0.2, 0.25) is 5.91 Å². The maximum Gasteiger partial charge on any atom is 0.330 e. The van der Waals surface area contributed by atoms with Gasteiger partial charge in [-0.1, -0.05) is 154 Å². The molecular weight excluding hydrogens is 601 g/mol. The third-order valence-electron chi connectivity index (χ3n) is 9.68. The molecule has 6 nitrogen and oxygen atoms in total. The number of β-lactam (4-membered cyclic amide) rings is 1. The lowest BCUT2D eigenvalue weighted by atomic mass is 9.75. The van der Waals surface area contributed by atoms with E-state index in [2.05, 4.69) is 75.6 Å². The zero-order chi connectivity index (χ0) is 33.7. The van der Waals surface area contributed by atoms with Crippen LogP contribution in [0.5, 0.6) is 0 Å². The molecule has 1 saturated heterocycles. The first-order chi connectivity index (χ1) is 22.5. The quantitative estimate of drug-likeness (QED) is 0.0751. The van der Waals surface area contributed by atoms with E-state index < -0.39 is 38.0 Å². The number of carbonyl (C=O) groups excluding carboxylic acids is 2. The second kappa shape index (κ2) is 14.2. The molecule has 4 aromatic rings. The van der Waals surface area contributed by atoms with Crippen molar-refractivity contribution in [3.05, 3.63) is 150 Å². The van der Waals surface area contributed by atoms with Crippen molar-refractivity contribution in [2.75, 3.05) is 13.7 Å². The maximum absolute atomic E-state index is 14.5. The number of likely N-dealkylation sites (tertiary alicyclic amines) is 1. The van der Waals surface area contributed by atoms with Crippen LogP contribution in [-0.2, 0) is 24.3 Å². The van der Waals surface area contributed by atoms with E-state index in [-0.39, 0.29) is 17.6 Å². The van der Waals surface area contributed by atoms with Gasteiger partial charge in [0, 0.05) is 0 Å². The van der Waals surface area contributed by atoms with Crippen LogP contribution in [0.4, 0.5) is 0 Å². The summed E-state index contributed by atoms with van der Waals surface area (Å²) < 4.78 is 11.8. The highest BCUT2D eigenvalue weighted by molar-refractivity contribution is 6.74. The molecule has 4 aromatic carbocycles. The Bertz CT molecular complexity index is 1560. The van der Waals surface area contributed by atoms with Crippen LogP contribution < -0.4 is 5.32 Å². The molecule has 5 rings (SSSR count). The minimum absolute atomic E-state index is 0.0655. The lowest BCUT2D eigenvalue weighted by molar-refractivity contribution is -0.167. The van der Waals surface area contributed by atoms with Crippen LogP contribution in [0.25, 0.3) is 6.08 Å². The fraction of sp³-hybridized carbons (Fsp3) is 0.300. The predicted molar refractivity (Wildman–Crippen MR) is 191 cm³/mol. The highest BCUT2D eigenvalue weighted by atomic mass is 28.4. The fourth-order valence-corrected chi connectivity index (χ4v) is 6.98. The first kappa shape index (κ1) is 34.0. The Morgan fingerprint density at radius 3 is 1.68 bits per heavy atom. The molecule has 47 heavy (non-hydrogen) atoms. The summed E-state index contributed by atoms with van der Waals surface area (Å²) in [6, 6.07) is 38.6. The van der Waals surface area contributed by atoms with E-state index in [0.29, 0.717) is 0 Å². The van der Waals surface area contributed by atoms with Gasteiger partial charge in [0.15, 0.2) is 14.4 Å². The largest absolute Gasteiger partial charge is 0.467 e. The second-order valence-electron chi connectivity index (χ2n) is 13.6. The fourth-order valence-electron chi connectivity index (χ4n) is 5.97. The normalized spacial score (nSPS) is 17.7. The van der Waals surface area contributed by atoms with Crippen LogP contribution in [-0.4, -0.2) is 56.9 Å². The number of nitrogens with zero attached hydrogens (tertiary/aromatic N) is 1. The molecule has 0 radical (unpaired) electrons. The van der Waals surface area contributed by atoms with Crippen molar-refractivity contribution >= 4 is 26.3 Å². The first-order valence-electron chi connectivity index (χ1n) is 16.2. The average Bonchev–Trinajstić information content (AvgIpc) is 3.09. The third-order valence-corrected chi connectivity index (χ3v) is 14.2. The third kappa shape index (κ3) is 7.03. The van der Waals surface area contributed by atoms with Crippen LogP contribution in [0.1, 0.15) is 43.0 Å². The van der Waals surface area contributed by atoms with Gasteiger partial charge in [-0.25, -0.2) is 4.79 Å². The number of esters is 1. The SMILES string of the molecule is COC(=O)C(CO[Si](C)(C)C(C)(C)C)N1C(=O)C(NC(c2ccccc2)(c2ccccc2)c2ccccc2)C1C=Cc1ccccc1. The van der Waals surface area contributed by atoms with Crippen molar-refractivity contribution in [1.29, 1.82) is 0 Å². The number of benzene rings is 4. The molecule has 1 amide bonds. The molecule has 1 aliphatic rings. The summed E-state index contributed by atoms with van der Waals surface area (Å²) in [6.07, 6.45) is 4.03. The molecule has 1 heterocycles. The smallest absolute Gasteiger partial charge is 0.330 e. The van der Waals surface area contributed by atoms with E-state index in [1.54, 1.807) is 4.90 Å². The van der Waals surface area contributed by atoms with Gasteiger partial charge in [-0.2, -0.15) is 0 Å². The highest BCUT2D eigenvalue weighted by Gasteiger charge is 2.55. The molecule has 7 heteroatoms. The molecule has 3 unspecified atom stereocenters. The minimum Gasteiger partial charge on any atom is -0.467 e. The zero-order valence-corrected chi connectivity index (χ0v) is 29.2. The van der Waals surface area contributed by atoms with Crippen molar-refractivity contribution in [2.45, 2.75) is 62.6 Å². The van der Waals surface area contributed by atoms with Crippen molar-refractivity contribution < 1.29 is 18.8 Å². The standard InChI is InChI=1S/C40H46N2O4Si/c1-39(2,3)47(5,6)46-29-35(38(44)45-4)42-34(28-27-30-19-11-7-12-20-30)36(37(42)43)41-40(31-21-13-8-14-22-31,32-23-15-9-16-24-32)33-25-17-10-18-26-33/h7-28,34-36,41H,29H2,1-6H3. The predicted octanol–water partition coefficient (Wildman–Crippen LogP) is 7.42. The van der Waals surface area contributed by atoms with E-state index in [0.717, 1.165) is 22.3 Å². The Hall–Kier alpha value is -4.30. The second-order valence-corrected chi connectivity index (χ2v) is 18.4. The molecule has 0 saturated carbocycles. The van der Waals surface area contributed by atoms with Crippen LogP contribution in [0, 0.1) is 0 Å². The van der Waals surface area contributed by atoms with E-state index >= 15 is 0 Å². The number of ether oxygens (including phenoxy) is 1. The summed E-state index contributed by atoms with van der Waals surface area (Å²) in [6.45, 7) is 10.8. The molecule has 0 aromatic heterocycles. The van der Waals surface area contributed by atoms with Gasteiger partial charge in [-0.05, 0) is 40.4 Å². The minimum atomic E-state index is -2.24. The monoisotopic (exact) mass is 646 g/mol. The van der Waals surface area contributed by atoms with Gasteiger partial charge < -0.3 is 14.1 Å². The molecule has 1 fully saturated rings. The summed E-state index contributed by atoms with van der Waals surface area (Å²) in [5, 5.41) is 3.80. The van der Waals surface area contributed by atoms with Gasteiger partial charge in [0.25, 0.3) is 0 Å². The number of amides is 1. The number of rotatable bonds is 12. The number of hydrogen-bond donors (Lipinski definition) is 1. The van der Waals surface area contributed by atoms with Crippen LogP contribution in [0.2, 0.25) is 18.1 Å². The Balaban J connectivity index is 1.61. The number of carbonyl (C=O) groups is 2. The molecule has 3 atom stereocenters.